The molecule has 0 unspecified atom stereocenters. The molecule has 1 rings (SSSR count). The molecule has 0 saturated carbocycles. The fourth-order valence-electron chi connectivity index (χ4n) is 1.56. The normalized spacial score (nSPS) is 12.2. The maximum atomic E-state index is 12.1. The molecule has 0 radical (unpaired) electrons. The molecule has 1 aromatic carbocycles. The Hall–Kier alpha value is -1.49. The predicted molar refractivity (Wildman–Crippen MR) is 72.0 cm³/mol. The first-order chi connectivity index (χ1) is 8.47. The Kier molecular flexibility index (Phi) is 5.22. The Morgan fingerprint density at radius 3 is 2.39 bits per heavy atom. The van der Waals surface area contributed by atoms with Gasteiger partial charge in [0.1, 0.15) is 6.04 Å². The van der Waals surface area contributed by atoms with Crippen molar-refractivity contribution in [2.45, 2.75) is 24.8 Å². The van der Waals surface area contributed by atoms with E-state index in [0.29, 0.717) is 5.56 Å². The number of benzene rings is 1. The number of carboxylic acids is 1. The van der Waals surface area contributed by atoms with E-state index in [2.05, 4.69) is 5.32 Å². The zero-order chi connectivity index (χ0) is 13.7. The first-order valence-electron chi connectivity index (χ1n) is 5.64. The van der Waals surface area contributed by atoms with Crippen LogP contribution in [0, 0.1) is 5.92 Å². The molecular weight excluding hydrogens is 250 g/mol. The Morgan fingerprint density at radius 1 is 1.28 bits per heavy atom. The third-order valence-electron chi connectivity index (χ3n) is 2.57. The molecule has 5 heteroatoms. The molecule has 0 aliphatic heterocycles. The van der Waals surface area contributed by atoms with Gasteiger partial charge in [0.25, 0.3) is 5.91 Å². The first kappa shape index (κ1) is 14.6. The predicted octanol–water partition coefficient (Wildman–Crippen LogP) is 2.25. The summed E-state index contributed by atoms with van der Waals surface area (Å²) in [4.78, 5) is 23.9. The molecule has 1 amide bonds. The van der Waals surface area contributed by atoms with Gasteiger partial charge in [-0.2, -0.15) is 0 Å². The van der Waals surface area contributed by atoms with Crippen molar-refractivity contribution in [3.8, 4) is 0 Å². The van der Waals surface area contributed by atoms with Crippen molar-refractivity contribution in [1.82, 2.24) is 5.32 Å². The van der Waals surface area contributed by atoms with Crippen molar-refractivity contribution in [3.63, 3.8) is 0 Å². The number of amides is 1. The van der Waals surface area contributed by atoms with Gasteiger partial charge in [-0.3, -0.25) is 4.79 Å². The van der Waals surface area contributed by atoms with E-state index in [9.17, 15) is 9.59 Å². The Morgan fingerprint density at radius 2 is 1.89 bits per heavy atom. The highest BCUT2D eigenvalue weighted by atomic mass is 32.2. The zero-order valence-electron chi connectivity index (χ0n) is 10.6. The minimum absolute atomic E-state index is 0.159. The second kappa shape index (κ2) is 6.44. The van der Waals surface area contributed by atoms with E-state index in [4.69, 9.17) is 5.11 Å². The maximum Gasteiger partial charge on any atom is 0.326 e. The summed E-state index contributed by atoms with van der Waals surface area (Å²) in [5, 5.41) is 11.6. The molecule has 2 N–H and O–H groups in total. The number of carbonyl (C=O) groups excluding carboxylic acids is 1. The van der Waals surface area contributed by atoms with Gasteiger partial charge < -0.3 is 10.4 Å². The zero-order valence-corrected chi connectivity index (χ0v) is 11.5. The van der Waals surface area contributed by atoms with Crippen LogP contribution < -0.4 is 5.32 Å². The molecule has 0 aliphatic rings. The van der Waals surface area contributed by atoms with Crippen molar-refractivity contribution in [2.75, 3.05) is 6.26 Å². The summed E-state index contributed by atoms with van der Waals surface area (Å²) in [6.07, 6.45) is 1.88. The quantitative estimate of drug-likeness (QED) is 0.803. The van der Waals surface area contributed by atoms with Gasteiger partial charge in [0.15, 0.2) is 0 Å². The van der Waals surface area contributed by atoms with Crippen LogP contribution in [0.3, 0.4) is 0 Å². The van der Waals surface area contributed by atoms with Crippen molar-refractivity contribution < 1.29 is 14.7 Å². The molecule has 0 heterocycles. The molecule has 0 bridgehead atoms. The van der Waals surface area contributed by atoms with E-state index in [1.54, 1.807) is 26.0 Å². The minimum Gasteiger partial charge on any atom is -0.480 e. The monoisotopic (exact) mass is 267 g/mol. The van der Waals surface area contributed by atoms with Crippen LogP contribution in [-0.4, -0.2) is 29.3 Å². The number of hydrogen-bond acceptors (Lipinski definition) is 3. The third kappa shape index (κ3) is 3.50. The van der Waals surface area contributed by atoms with Crippen LogP contribution in [-0.2, 0) is 4.79 Å². The van der Waals surface area contributed by atoms with Gasteiger partial charge in [-0.1, -0.05) is 26.0 Å². The largest absolute Gasteiger partial charge is 0.480 e. The van der Waals surface area contributed by atoms with Crippen LogP contribution >= 0.6 is 11.8 Å². The van der Waals surface area contributed by atoms with Gasteiger partial charge in [-0.05, 0) is 24.3 Å². The van der Waals surface area contributed by atoms with Gasteiger partial charge in [0, 0.05) is 4.90 Å². The highest BCUT2D eigenvalue weighted by Crippen LogP contribution is 2.20. The lowest BCUT2D eigenvalue weighted by atomic mass is 10.0. The average Bonchev–Trinajstić information content (AvgIpc) is 2.34. The molecule has 98 valence electrons. The van der Waals surface area contributed by atoms with Gasteiger partial charge in [-0.25, -0.2) is 4.79 Å². The van der Waals surface area contributed by atoms with E-state index in [1.807, 2.05) is 18.4 Å². The molecule has 18 heavy (non-hydrogen) atoms. The Balaban J connectivity index is 2.90. The Labute approximate surface area is 111 Å². The van der Waals surface area contributed by atoms with E-state index in [0.717, 1.165) is 4.90 Å². The van der Waals surface area contributed by atoms with Crippen molar-refractivity contribution in [2.24, 2.45) is 5.92 Å². The molecular formula is C13H17NO3S. The molecule has 1 atom stereocenters. The molecule has 4 nitrogen and oxygen atoms in total. The van der Waals surface area contributed by atoms with Gasteiger partial charge in [0.2, 0.25) is 0 Å². The van der Waals surface area contributed by atoms with Crippen molar-refractivity contribution in [3.05, 3.63) is 29.8 Å². The second-order valence-corrected chi connectivity index (χ2v) is 5.08. The summed E-state index contributed by atoms with van der Waals surface area (Å²) >= 11 is 1.46. The molecule has 1 aromatic rings. The van der Waals surface area contributed by atoms with Crippen LogP contribution in [0.15, 0.2) is 29.2 Å². The second-order valence-electron chi connectivity index (χ2n) is 4.23. The average molecular weight is 267 g/mol. The van der Waals surface area contributed by atoms with Gasteiger partial charge in [0.05, 0.1) is 5.56 Å². The van der Waals surface area contributed by atoms with Crippen LogP contribution in [0.25, 0.3) is 0 Å². The lowest BCUT2D eigenvalue weighted by molar-refractivity contribution is -0.140. The highest BCUT2D eigenvalue weighted by molar-refractivity contribution is 7.98. The number of thioether (sulfide) groups is 1. The van der Waals surface area contributed by atoms with Crippen molar-refractivity contribution >= 4 is 23.6 Å². The number of rotatable bonds is 5. The number of hydrogen-bond donors (Lipinski definition) is 2. The first-order valence-corrected chi connectivity index (χ1v) is 6.86. The Bertz CT molecular complexity index is 446. The number of nitrogens with one attached hydrogen (secondary N) is 1. The molecule has 0 fully saturated rings. The molecule has 0 aliphatic carbocycles. The standard InChI is InChI=1S/C13H17NO3S/c1-8(2)11(13(16)17)14-12(15)9-6-4-5-7-10(9)18-3/h4-8,11H,1-3H3,(H,14,15)(H,16,17)/t11-/m0/s1. The van der Waals surface area contributed by atoms with E-state index >= 15 is 0 Å². The van der Waals surface area contributed by atoms with Crippen LogP contribution in [0.4, 0.5) is 0 Å². The molecule has 0 spiro atoms. The summed E-state index contributed by atoms with van der Waals surface area (Å²) in [5.74, 6) is -1.52. The highest BCUT2D eigenvalue weighted by Gasteiger charge is 2.24. The van der Waals surface area contributed by atoms with E-state index < -0.39 is 12.0 Å². The summed E-state index contributed by atoms with van der Waals surface area (Å²) in [6.45, 7) is 3.53. The van der Waals surface area contributed by atoms with Crippen LogP contribution in [0.1, 0.15) is 24.2 Å². The van der Waals surface area contributed by atoms with Crippen LogP contribution in [0.5, 0.6) is 0 Å². The molecule has 0 aromatic heterocycles. The summed E-state index contributed by atoms with van der Waals surface area (Å²) in [7, 11) is 0. The van der Waals surface area contributed by atoms with Gasteiger partial charge >= 0.3 is 5.97 Å². The number of carbonyl (C=O) groups is 2. The van der Waals surface area contributed by atoms with Crippen LogP contribution in [0.2, 0.25) is 0 Å². The lowest BCUT2D eigenvalue weighted by Gasteiger charge is -2.18. The van der Waals surface area contributed by atoms with E-state index in [-0.39, 0.29) is 11.8 Å². The summed E-state index contributed by atoms with van der Waals surface area (Å²) in [5.41, 5.74) is 0.511. The van der Waals surface area contributed by atoms with Gasteiger partial charge in [-0.15, -0.1) is 11.8 Å². The third-order valence-corrected chi connectivity index (χ3v) is 3.37. The smallest absolute Gasteiger partial charge is 0.326 e. The summed E-state index contributed by atoms with van der Waals surface area (Å²) < 4.78 is 0. The topological polar surface area (TPSA) is 66.4 Å². The number of aliphatic carboxylic acids is 1. The fourth-order valence-corrected chi connectivity index (χ4v) is 2.16. The lowest BCUT2D eigenvalue weighted by Crippen LogP contribution is -2.44. The number of carboxylic acid groups (broad SMARTS) is 1. The molecule has 0 saturated heterocycles. The SMILES string of the molecule is CSc1ccccc1C(=O)N[C@H](C(=O)O)C(C)C. The summed E-state index contributed by atoms with van der Waals surface area (Å²) in [6, 6.07) is 6.28. The minimum atomic E-state index is -1.01. The fraction of sp³-hybridized carbons (Fsp3) is 0.385. The maximum absolute atomic E-state index is 12.1. The van der Waals surface area contributed by atoms with E-state index in [1.165, 1.54) is 11.8 Å². The van der Waals surface area contributed by atoms with Crippen molar-refractivity contribution in [1.29, 1.82) is 0 Å².